The van der Waals surface area contributed by atoms with Crippen LogP contribution in [0.3, 0.4) is 0 Å². The van der Waals surface area contributed by atoms with Crippen molar-refractivity contribution in [3.8, 4) is 0 Å². The maximum absolute atomic E-state index is 5.29. The Kier molecular flexibility index (Phi) is 7.45. The smallest absolute Gasteiger partial charge is 0.162 e. The van der Waals surface area contributed by atoms with Gasteiger partial charge in [0.15, 0.2) is 5.79 Å². The molecule has 1 saturated heterocycles. The Labute approximate surface area is 91.5 Å². The molecule has 0 spiro atoms. The van der Waals surface area contributed by atoms with Crippen LogP contribution in [-0.2, 0) is 29.0 Å². The van der Waals surface area contributed by atoms with Crippen LogP contribution in [0, 0.1) is 12.8 Å². The van der Waals surface area contributed by atoms with E-state index in [1.807, 2.05) is 13.8 Å². The zero-order chi connectivity index (χ0) is 6.91. The predicted molar refractivity (Wildman–Crippen MR) is 45.2 cm³/mol. The molecule has 1 rings (SSSR count). The van der Waals surface area contributed by atoms with Crippen molar-refractivity contribution in [1.82, 2.24) is 0 Å². The van der Waals surface area contributed by atoms with E-state index in [1.54, 1.807) is 0 Å². The van der Waals surface area contributed by atoms with Crippen LogP contribution in [0.1, 0.15) is 13.8 Å². The van der Waals surface area contributed by atoms with Crippen LogP contribution < -0.4 is 0 Å². The molecule has 1 heterocycles. The average molecular weight is 275 g/mol. The van der Waals surface area contributed by atoms with Gasteiger partial charge in [0.25, 0.3) is 0 Å². The molecular formula is C7H14BrO2Zn-. The van der Waals surface area contributed by atoms with E-state index in [-0.39, 0.29) is 42.2 Å². The molecule has 1 aliphatic heterocycles. The molecule has 0 aromatic heterocycles. The van der Waals surface area contributed by atoms with Crippen LogP contribution in [0.2, 0.25) is 0 Å². The predicted octanol–water partition coefficient (Wildman–Crippen LogP) is 1.79. The molecule has 1 aliphatic rings. The zero-order valence-electron chi connectivity index (χ0n) is 7.13. The number of ether oxygens (including phenoxy) is 2. The maximum Gasteiger partial charge on any atom is 0.162 e. The molecule has 2 nitrogen and oxygen atoms in total. The van der Waals surface area contributed by atoms with Gasteiger partial charge < -0.3 is 16.4 Å². The molecule has 0 atom stereocenters. The summed E-state index contributed by atoms with van der Waals surface area (Å²) in [6.45, 7) is 9.07. The quantitative estimate of drug-likeness (QED) is 0.496. The second kappa shape index (κ2) is 5.63. The van der Waals surface area contributed by atoms with E-state index in [4.69, 9.17) is 9.47 Å². The zero-order valence-corrected chi connectivity index (χ0v) is 11.8. The van der Waals surface area contributed by atoms with Crippen molar-refractivity contribution in [3.63, 3.8) is 0 Å². The Bertz CT molecular complexity index is 98.6. The summed E-state index contributed by atoms with van der Waals surface area (Å²) in [5, 5.41) is 0. The summed E-state index contributed by atoms with van der Waals surface area (Å²) in [5.41, 5.74) is 0. The van der Waals surface area contributed by atoms with Crippen molar-refractivity contribution in [2.45, 2.75) is 19.6 Å². The average Bonchev–Trinajstić information content (AvgIpc) is 1.78. The van der Waals surface area contributed by atoms with E-state index >= 15 is 0 Å². The number of rotatable bonds is 0. The van der Waals surface area contributed by atoms with Crippen molar-refractivity contribution in [3.05, 3.63) is 6.92 Å². The monoisotopic (exact) mass is 273 g/mol. The van der Waals surface area contributed by atoms with E-state index < -0.39 is 0 Å². The van der Waals surface area contributed by atoms with Crippen LogP contribution >= 0.6 is 17.0 Å². The third kappa shape index (κ3) is 5.29. The Balaban J connectivity index is 0. The molecular weight excluding hydrogens is 261 g/mol. The van der Waals surface area contributed by atoms with E-state index in [0.717, 1.165) is 0 Å². The van der Waals surface area contributed by atoms with E-state index in [0.29, 0.717) is 19.1 Å². The van der Waals surface area contributed by atoms with Crippen LogP contribution in [0.25, 0.3) is 0 Å². The minimum absolute atomic E-state index is 0. The molecule has 0 amide bonds. The summed E-state index contributed by atoms with van der Waals surface area (Å²) in [7, 11) is 0. The van der Waals surface area contributed by atoms with Gasteiger partial charge in [0, 0.05) is 32.7 Å². The fraction of sp³-hybridized carbons (Fsp3) is 0.857. The molecule has 0 aliphatic carbocycles. The van der Waals surface area contributed by atoms with Crippen molar-refractivity contribution >= 4 is 17.0 Å². The van der Waals surface area contributed by atoms with Gasteiger partial charge in [-0.25, -0.2) is 0 Å². The summed E-state index contributed by atoms with van der Waals surface area (Å²) in [4.78, 5) is 0. The summed E-state index contributed by atoms with van der Waals surface area (Å²) >= 11 is 0. The van der Waals surface area contributed by atoms with Crippen molar-refractivity contribution in [1.29, 1.82) is 0 Å². The standard InChI is InChI=1S/C7H13O2.BrH.Zn/c1-6-4-8-7(2,3)9-5-6;;/h6H,1,4-5H2,2-3H3;1H;/q-1;;. The largest absolute Gasteiger partial charge is 0.353 e. The second-order valence-electron chi connectivity index (χ2n) is 2.89. The van der Waals surface area contributed by atoms with Gasteiger partial charge in [0.1, 0.15) is 0 Å². The summed E-state index contributed by atoms with van der Waals surface area (Å²) in [6.07, 6.45) is 0. The van der Waals surface area contributed by atoms with Gasteiger partial charge in [0.05, 0.1) is 0 Å². The topological polar surface area (TPSA) is 18.5 Å². The molecule has 64 valence electrons. The SMILES string of the molecule is Br.[CH2-]C1COC(C)(C)OC1.[Zn]. The molecule has 0 unspecified atom stereocenters. The van der Waals surface area contributed by atoms with Crippen molar-refractivity contribution < 1.29 is 29.0 Å². The molecule has 0 radical (unpaired) electrons. The van der Waals surface area contributed by atoms with Gasteiger partial charge in [-0.2, -0.15) is 0 Å². The number of hydrogen-bond donors (Lipinski definition) is 0. The molecule has 11 heavy (non-hydrogen) atoms. The van der Waals surface area contributed by atoms with Crippen molar-refractivity contribution in [2.75, 3.05) is 13.2 Å². The van der Waals surface area contributed by atoms with E-state index in [2.05, 4.69) is 6.92 Å². The van der Waals surface area contributed by atoms with Gasteiger partial charge in [-0.3, -0.25) is 0 Å². The summed E-state index contributed by atoms with van der Waals surface area (Å²) in [6, 6.07) is 0. The third-order valence-electron chi connectivity index (χ3n) is 1.33. The molecule has 0 saturated carbocycles. The van der Waals surface area contributed by atoms with E-state index in [9.17, 15) is 0 Å². The Morgan fingerprint density at radius 3 is 1.91 bits per heavy atom. The van der Waals surface area contributed by atoms with Gasteiger partial charge in [-0.15, -0.1) is 22.9 Å². The second-order valence-corrected chi connectivity index (χ2v) is 2.89. The number of hydrogen-bond acceptors (Lipinski definition) is 2. The summed E-state index contributed by atoms with van der Waals surface area (Å²) in [5.74, 6) is -0.0770. The van der Waals surface area contributed by atoms with E-state index in [1.165, 1.54) is 0 Å². The van der Waals surface area contributed by atoms with Crippen molar-refractivity contribution in [2.24, 2.45) is 5.92 Å². The maximum atomic E-state index is 5.29. The van der Waals surface area contributed by atoms with Gasteiger partial charge in [-0.05, 0) is 13.8 Å². The van der Waals surface area contributed by atoms with Crippen LogP contribution in [0.5, 0.6) is 0 Å². The first-order valence-electron chi connectivity index (χ1n) is 3.21. The third-order valence-corrected chi connectivity index (χ3v) is 1.33. The molecule has 0 bridgehead atoms. The fourth-order valence-electron chi connectivity index (χ4n) is 0.727. The molecule has 4 heteroatoms. The first kappa shape index (κ1) is 14.5. The van der Waals surface area contributed by atoms with Crippen LogP contribution in [-0.4, -0.2) is 19.0 Å². The van der Waals surface area contributed by atoms with Crippen LogP contribution in [0.4, 0.5) is 0 Å². The molecule has 0 aromatic carbocycles. The molecule has 1 fully saturated rings. The van der Waals surface area contributed by atoms with Crippen LogP contribution in [0.15, 0.2) is 0 Å². The minimum Gasteiger partial charge on any atom is -0.353 e. The summed E-state index contributed by atoms with van der Waals surface area (Å²) < 4.78 is 10.6. The number of halogens is 1. The Morgan fingerprint density at radius 2 is 1.64 bits per heavy atom. The minimum atomic E-state index is -0.381. The molecule has 0 aromatic rings. The Morgan fingerprint density at radius 1 is 1.27 bits per heavy atom. The fourth-order valence-corrected chi connectivity index (χ4v) is 0.727. The van der Waals surface area contributed by atoms with Gasteiger partial charge in [-0.1, -0.05) is 0 Å². The van der Waals surface area contributed by atoms with Gasteiger partial charge >= 0.3 is 0 Å². The first-order valence-corrected chi connectivity index (χ1v) is 3.21. The first-order chi connectivity index (χ1) is 4.10. The Hall–Kier alpha value is 1.02. The molecule has 0 N–H and O–H groups in total. The van der Waals surface area contributed by atoms with Gasteiger partial charge in [0.2, 0.25) is 0 Å². The normalized spacial score (nSPS) is 23.2.